The largest absolute Gasteiger partial charge is 0.366 e. The number of rotatable bonds is 1. The number of hydrogen-bond donors (Lipinski definition) is 1. The number of carbonyl (C=O) groups excluding carboxylic acids is 1. The molecule has 0 unspecified atom stereocenters. The van der Waals surface area contributed by atoms with Crippen LogP contribution in [-0.2, 0) is 0 Å². The Morgan fingerprint density at radius 2 is 1.63 bits per heavy atom. The van der Waals surface area contributed by atoms with Gasteiger partial charge in [0, 0.05) is 38.8 Å². The Kier molecular flexibility index (Phi) is 4.37. The van der Waals surface area contributed by atoms with Crippen molar-refractivity contribution < 1.29 is 4.79 Å². The number of hydrogen-bond acceptors (Lipinski definition) is 2. The van der Waals surface area contributed by atoms with E-state index in [1.807, 2.05) is 43.1 Å². The van der Waals surface area contributed by atoms with Gasteiger partial charge in [-0.3, -0.25) is 4.79 Å². The zero-order valence-corrected chi connectivity index (χ0v) is 12.2. The summed E-state index contributed by atoms with van der Waals surface area (Å²) in [5.41, 5.74) is 1.93. The second kappa shape index (κ2) is 6.02. The first kappa shape index (κ1) is 13.8. The molecule has 4 nitrogen and oxygen atoms in total. The molecular formula is C14H19N3OS. The summed E-state index contributed by atoms with van der Waals surface area (Å²) in [4.78, 5) is 16.3. The van der Waals surface area contributed by atoms with Crippen molar-refractivity contribution in [1.82, 2.24) is 15.1 Å². The number of nitrogens with zero attached hydrogens (tertiary/aromatic N) is 2. The van der Waals surface area contributed by atoms with Gasteiger partial charge in [0.1, 0.15) is 0 Å². The van der Waals surface area contributed by atoms with Gasteiger partial charge in [-0.25, -0.2) is 0 Å². The van der Waals surface area contributed by atoms with Crippen LogP contribution in [-0.4, -0.2) is 54.0 Å². The highest BCUT2D eigenvalue weighted by Crippen LogP contribution is 2.10. The molecule has 5 heteroatoms. The molecule has 0 saturated carbocycles. The zero-order valence-electron chi connectivity index (χ0n) is 11.3. The highest BCUT2D eigenvalue weighted by Gasteiger charge is 2.22. The van der Waals surface area contributed by atoms with Gasteiger partial charge < -0.3 is 15.1 Å². The molecule has 19 heavy (non-hydrogen) atoms. The lowest BCUT2D eigenvalue weighted by Gasteiger charge is -2.35. The minimum Gasteiger partial charge on any atom is -0.366 e. The number of benzene rings is 1. The van der Waals surface area contributed by atoms with Crippen molar-refractivity contribution >= 4 is 23.2 Å². The summed E-state index contributed by atoms with van der Waals surface area (Å²) < 4.78 is 0. The Labute approximate surface area is 119 Å². The summed E-state index contributed by atoms with van der Waals surface area (Å²) in [7, 11) is 1.83. The molecule has 1 aromatic carbocycles. The molecule has 102 valence electrons. The van der Waals surface area contributed by atoms with E-state index in [0.29, 0.717) is 13.1 Å². The first-order valence-electron chi connectivity index (χ1n) is 6.44. The lowest BCUT2D eigenvalue weighted by Crippen LogP contribution is -2.52. The molecule has 1 N–H and O–H groups in total. The predicted octanol–water partition coefficient (Wildman–Crippen LogP) is 1.26. The smallest absolute Gasteiger partial charge is 0.253 e. The van der Waals surface area contributed by atoms with E-state index in [4.69, 9.17) is 12.2 Å². The Morgan fingerprint density at radius 3 is 2.16 bits per heavy atom. The summed E-state index contributed by atoms with van der Waals surface area (Å²) in [6.07, 6.45) is 0. The van der Waals surface area contributed by atoms with Crippen LogP contribution < -0.4 is 5.32 Å². The van der Waals surface area contributed by atoms with E-state index in [9.17, 15) is 4.79 Å². The van der Waals surface area contributed by atoms with Crippen LogP contribution in [0.25, 0.3) is 0 Å². The van der Waals surface area contributed by atoms with Crippen molar-refractivity contribution in [3.8, 4) is 0 Å². The maximum Gasteiger partial charge on any atom is 0.253 e. The number of thiocarbonyl (C=S) groups is 1. The van der Waals surface area contributed by atoms with Gasteiger partial charge in [-0.15, -0.1) is 0 Å². The second-order valence-electron chi connectivity index (χ2n) is 4.70. The molecule has 1 saturated heterocycles. The van der Waals surface area contributed by atoms with Crippen molar-refractivity contribution in [2.45, 2.75) is 6.92 Å². The molecule has 1 aliphatic rings. The molecule has 0 bridgehead atoms. The fourth-order valence-corrected chi connectivity index (χ4v) is 2.33. The van der Waals surface area contributed by atoms with E-state index in [0.717, 1.165) is 23.8 Å². The third-order valence-corrected chi connectivity index (χ3v) is 3.83. The Balaban J connectivity index is 1.96. The fraction of sp³-hybridized carbons (Fsp3) is 0.429. The number of aryl methyl sites for hydroxylation is 1. The number of nitrogens with one attached hydrogen (secondary N) is 1. The monoisotopic (exact) mass is 277 g/mol. The van der Waals surface area contributed by atoms with Gasteiger partial charge in [0.15, 0.2) is 5.11 Å². The van der Waals surface area contributed by atoms with Crippen LogP contribution in [0, 0.1) is 6.92 Å². The third kappa shape index (κ3) is 3.23. The van der Waals surface area contributed by atoms with Crippen molar-refractivity contribution in [3.63, 3.8) is 0 Å². The first-order chi connectivity index (χ1) is 9.11. The molecule has 0 aliphatic carbocycles. The molecule has 1 fully saturated rings. The zero-order chi connectivity index (χ0) is 13.8. The second-order valence-corrected chi connectivity index (χ2v) is 5.09. The van der Waals surface area contributed by atoms with Gasteiger partial charge in [-0.05, 0) is 31.3 Å². The summed E-state index contributed by atoms with van der Waals surface area (Å²) in [6.45, 7) is 5.03. The van der Waals surface area contributed by atoms with Crippen molar-refractivity contribution in [2.75, 3.05) is 33.2 Å². The molecule has 0 aromatic heterocycles. The molecule has 1 amide bonds. The van der Waals surface area contributed by atoms with E-state index in [2.05, 4.69) is 10.2 Å². The lowest BCUT2D eigenvalue weighted by molar-refractivity contribution is 0.0691. The maximum atomic E-state index is 12.3. The van der Waals surface area contributed by atoms with Crippen LogP contribution in [0.4, 0.5) is 0 Å². The van der Waals surface area contributed by atoms with Crippen LogP contribution in [0.2, 0.25) is 0 Å². The average molecular weight is 277 g/mol. The third-order valence-electron chi connectivity index (χ3n) is 3.37. The van der Waals surface area contributed by atoms with Gasteiger partial charge >= 0.3 is 0 Å². The van der Waals surface area contributed by atoms with Gasteiger partial charge in [0.2, 0.25) is 0 Å². The maximum absolute atomic E-state index is 12.3. The average Bonchev–Trinajstić information content (AvgIpc) is 2.46. The van der Waals surface area contributed by atoms with Gasteiger partial charge in [0.05, 0.1) is 0 Å². The first-order valence-corrected chi connectivity index (χ1v) is 6.85. The van der Waals surface area contributed by atoms with E-state index < -0.39 is 0 Å². The summed E-state index contributed by atoms with van der Waals surface area (Å²) in [6, 6.07) is 7.73. The fourth-order valence-electron chi connectivity index (χ4n) is 2.15. The minimum absolute atomic E-state index is 0.107. The predicted molar refractivity (Wildman–Crippen MR) is 80.3 cm³/mol. The summed E-state index contributed by atoms with van der Waals surface area (Å²) >= 11 is 5.20. The van der Waals surface area contributed by atoms with Gasteiger partial charge in [-0.2, -0.15) is 0 Å². The lowest BCUT2D eigenvalue weighted by atomic mass is 10.1. The topological polar surface area (TPSA) is 35.6 Å². The van der Waals surface area contributed by atoms with Gasteiger partial charge in [-0.1, -0.05) is 17.7 Å². The van der Waals surface area contributed by atoms with E-state index >= 15 is 0 Å². The number of carbonyl (C=O) groups is 1. The van der Waals surface area contributed by atoms with Crippen LogP contribution in [0.5, 0.6) is 0 Å². The molecule has 0 atom stereocenters. The van der Waals surface area contributed by atoms with Crippen molar-refractivity contribution in [1.29, 1.82) is 0 Å². The molecule has 2 rings (SSSR count). The highest BCUT2D eigenvalue weighted by atomic mass is 32.1. The SMILES string of the molecule is CNC(=S)N1CCN(C(=O)c2ccc(C)cc2)CC1. The van der Waals surface area contributed by atoms with Crippen LogP contribution in [0.15, 0.2) is 24.3 Å². The number of amides is 1. The van der Waals surface area contributed by atoms with Crippen molar-refractivity contribution in [3.05, 3.63) is 35.4 Å². The van der Waals surface area contributed by atoms with E-state index in [-0.39, 0.29) is 5.91 Å². The van der Waals surface area contributed by atoms with Gasteiger partial charge in [0.25, 0.3) is 5.91 Å². The Bertz CT molecular complexity index is 464. The highest BCUT2D eigenvalue weighted by molar-refractivity contribution is 7.80. The van der Waals surface area contributed by atoms with Crippen LogP contribution in [0.3, 0.4) is 0 Å². The molecule has 1 heterocycles. The minimum atomic E-state index is 0.107. The van der Waals surface area contributed by atoms with Crippen LogP contribution >= 0.6 is 12.2 Å². The van der Waals surface area contributed by atoms with E-state index in [1.165, 1.54) is 5.56 Å². The van der Waals surface area contributed by atoms with Crippen molar-refractivity contribution in [2.24, 2.45) is 0 Å². The molecule has 0 radical (unpaired) electrons. The number of piperazine rings is 1. The molecule has 1 aromatic rings. The molecule has 1 aliphatic heterocycles. The molecule has 0 spiro atoms. The quantitative estimate of drug-likeness (QED) is 0.784. The summed E-state index contributed by atoms with van der Waals surface area (Å²) in [5.74, 6) is 0.107. The standard InChI is InChI=1S/C14H19N3OS/c1-11-3-5-12(6-4-11)13(18)16-7-9-17(10-8-16)14(19)15-2/h3-6H,7-10H2,1-2H3,(H,15,19). The normalized spacial score (nSPS) is 15.3. The Hall–Kier alpha value is -1.62. The van der Waals surface area contributed by atoms with E-state index in [1.54, 1.807) is 0 Å². The Morgan fingerprint density at radius 1 is 1.11 bits per heavy atom. The summed E-state index contributed by atoms with van der Waals surface area (Å²) in [5, 5.41) is 3.72. The van der Waals surface area contributed by atoms with Crippen LogP contribution in [0.1, 0.15) is 15.9 Å². The molecular weight excluding hydrogens is 258 g/mol.